The van der Waals surface area contributed by atoms with Crippen molar-refractivity contribution < 1.29 is 0 Å². The predicted molar refractivity (Wildman–Crippen MR) is 78.9 cm³/mol. The van der Waals surface area contributed by atoms with Gasteiger partial charge in [0.15, 0.2) is 0 Å². The number of aromatic nitrogens is 2. The maximum absolute atomic E-state index is 6.03. The highest BCUT2D eigenvalue weighted by Gasteiger charge is 2.28. The lowest BCUT2D eigenvalue weighted by Gasteiger charge is -2.39. The van der Waals surface area contributed by atoms with Crippen LogP contribution in [0.3, 0.4) is 0 Å². The Morgan fingerprint density at radius 3 is 2.63 bits per heavy atom. The Balaban J connectivity index is 2.06. The Hall–Kier alpha value is -0.870. The lowest BCUT2D eigenvalue weighted by atomic mass is 9.89. The molecule has 4 nitrogen and oxygen atoms in total. The molecule has 0 spiro atoms. The number of nitrogens with zero attached hydrogens (tertiary/aromatic N) is 3. The van der Waals surface area contributed by atoms with Gasteiger partial charge in [-0.15, -0.1) is 0 Å². The first kappa shape index (κ1) is 14.5. The molecular weight excluding hydrogens is 236 g/mol. The Kier molecular flexibility index (Phi) is 4.99. The molecule has 0 radical (unpaired) electrons. The zero-order valence-electron chi connectivity index (χ0n) is 12.5. The summed E-state index contributed by atoms with van der Waals surface area (Å²) in [6, 6.07) is 1.57. The van der Waals surface area contributed by atoms with Gasteiger partial charge < -0.3 is 5.73 Å². The summed E-state index contributed by atoms with van der Waals surface area (Å²) in [5, 5.41) is 4.31. The fourth-order valence-electron chi connectivity index (χ4n) is 3.23. The predicted octanol–water partition coefficient (Wildman–Crippen LogP) is 2.46. The first-order valence-corrected chi connectivity index (χ1v) is 7.61. The van der Waals surface area contributed by atoms with Gasteiger partial charge in [0.05, 0.1) is 6.20 Å². The summed E-state index contributed by atoms with van der Waals surface area (Å²) in [6.07, 6.45) is 10.2. The lowest BCUT2D eigenvalue weighted by Crippen LogP contribution is -2.42. The van der Waals surface area contributed by atoms with Crippen molar-refractivity contribution in [2.75, 3.05) is 6.54 Å². The molecule has 1 aliphatic carbocycles. The van der Waals surface area contributed by atoms with Crippen molar-refractivity contribution in [1.29, 1.82) is 0 Å². The van der Waals surface area contributed by atoms with Gasteiger partial charge in [-0.2, -0.15) is 5.10 Å². The Labute approximate surface area is 117 Å². The first-order valence-electron chi connectivity index (χ1n) is 7.61. The number of nitrogens with two attached hydrogens (primary N) is 1. The van der Waals surface area contributed by atoms with Gasteiger partial charge in [-0.05, 0) is 45.6 Å². The van der Waals surface area contributed by atoms with E-state index in [2.05, 4.69) is 30.0 Å². The monoisotopic (exact) mass is 264 g/mol. The summed E-state index contributed by atoms with van der Waals surface area (Å²) in [4.78, 5) is 2.66. The van der Waals surface area contributed by atoms with Gasteiger partial charge in [-0.3, -0.25) is 9.58 Å². The van der Waals surface area contributed by atoms with E-state index in [0.29, 0.717) is 18.1 Å². The molecule has 108 valence electrons. The highest BCUT2D eigenvalue weighted by Crippen LogP contribution is 2.29. The van der Waals surface area contributed by atoms with Crippen LogP contribution in [0, 0.1) is 0 Å². The van der Waals surface area contributed by atoms with Gasteiger partial charge in [0.2, 0.25) is 0 Å². The van der Waals surface area contributed by atoms with Crippen molar-refractivity contribution >= 4 is 0 Å². The second-order valence-electron chi connectivity index (χ2n) is 5.93. The molecule has 19 heavy (non-hydrogen) atoms. The van der Waals surface area contributed by atoms with E-state index in [0.717, 1.165) is 6.54 Å². The average Bonchev–Trinajstić information content (AvgIpc) is 2.83. The van der Waals surface area contributed by atoms with Gasteiger partial charge in [0.1, 0.15) is 0 Å². The lowest BCUT2D eigenvalue weighted by molar-refractivity contribution is 0.107. The summed E-state index contributed by atoms with van der Waals surface area (Å²) < 4.78 is 1.90. The van der Waals surface area contributed by atoms with Crippen molar-refractivity contribution in [3.05, 3.63) is 18.0 Å². The molecule has 1 saturated carbocycles. The molecule has 0 aliphatic heterocycles. The van der Waals surface area contributed by atoms with Crippen molar-refractivity contribution in [2.24, 2.45) is 12.8 Å². The molecule has 1 fully saturated rings. The van der Waals surface area contributed by atoms with E-state index in [1.165, 1.54) is 37.7 Å². The minimum Gasteiger partial charge on any atom is -0.328 e. The Morgan fingerprint density at radius 2 is 2.11 bits per heavy atom. The normalized spacial score (nSPS) is 25.7. The highest BCUT2D eigenvalue weighted by molar-refractivity contribution is 5.10. The topological polar surface area (TPSA) is 47.1 Å². The molecule has 1 aromatic heterocycles. The number of hydrogen-bond donors (Lipinski definition) is 1. The van der Waals surface area contributed by atoms with Crippen LogP contribution < -0.4 is 5.73 Å². The fraction of sp³-hybridized carbons (Fsp3) is 0.800. The Bertz CT molecular complexity index is 379. The summed E-state index contributed by atoms with van der Waals surface area (Å²) in [5.74, 6) is 0. The number of hydrogen-bond acceptors (Lipinski definition) is 3. The fourth-order valence-corrected chi connectivity index (χ4v) is 3.23. The molecule has 2 N–H and O–H groups in total. The summed E-state index contributed by atoms with van der Waals surface area (Å²) in [7, 11) is 1.99. The summed E-state index contributed by atoms with van der Waals surface area (Å²) >= 11 is 0. The van der Waals surface area contributed by atoms with Crippen molar-refractivity contribution in [1.82, 2.24) is 14.7 Å². The molecular formula is C15H28N4. The van der Waals surface area contributed by atoms with Crippen molar-refractivity contribution in [3.63, 3.8) is 0 Å². The smallest absolute Gasteiger partial charge is 0.0537 e. The summed E-state index contributed by atoms with van der Waals surface area (Å²) in [5.41, 5.74) is 7.35. The molecule has 1 heterocycles. The maximum Gasteiger partial charge on any atom is 0.0537 e. The van der Waals surface area contributed by atoms with Gasteiger partial charge in [0, 0.05) is 36.9 Å². The highest BCUT2D eigenvalue weighted by atomic mass is 15.3. The average molecular weight is 264 g/mol. The molecule has 0 saturated heterocycles. The van der Waals surface area contributed by atoms with Gasteiger partial charge in [-0.25, -0.2) is 0 Å². The van der Waals surface area contributed by atoms with Gasteiger partial charge in [-0.1, -0.05) is 6.92 Å². The molecule has 1 atom stereocenters. The molecule has 4 heteroatoms. The SMILES string of the molecule is CCCN(C1CCC(N)CC1)C(C)c1cnn(C)c1. The molecule has 0 amide bonds. The Morgan fingerprint density at radius 1 is 1.42 bits per heavy atom. The van der Waals surface area contributed by atoms with Crippen LogP contribution in [-0.2, 0) is 7.05 Å². The third-order valence-electron chi connectivity index (χ3n) is 4.40. The van der Waals surface area contributed by atoms with Crippen molar-refractivity contribution in [3.8, 4) is 0 Å². The van der Waals surface area contributed by atoms with Crippen LogP contribution in [0.25, 0.3) is 0 Å². The van der Waals surface area contributed by atoms with Crippen LogP contribution in [-0.4, -0.2) is 33.3 Å². The van der Waals surface area contributed by atoms with Gasteiger partial charge >= 0.3 is 0 Å². The molecule has 0 bridgehead atoms. The third kappa shape index (κ3) is 3.57. The van der Waals surface area contributed by atoms with Crippen LogP contribution in [0.15, 0.2) is 12.4 Å². The molecule has 1 aliphatic rings. The largest absolute Gasteiger partial charge is 0.328 e. The van der Waals surface area contributed by atoms with Crippen molar-refractivity contribution in [2.45, 2.75) is 64.1 Å². The molecule has 2 rings (SSSR count). The molecule has 1 aromatic rings. The minimum absolute atomic E-state index is 0.424. The second kappa shape index (κ2) is 6.53. The maximum atomic E-state index is 6.03. The first-order chi connectivity index (χ1) is 9.11. The third-order valence-corrected chi connectivity index (χ3v) is 4.40. The van der Waals surface area contributed by atoms with E-state index < -0.39 is 0 Å². The van der Waals surface area contributed by atoms with E-state index >= 15 is 0 Å². The van der Waals surface area contributed by atoms with Crippen LogP contribution in [0.5, 0.6) is 0 Å². The van der Waals surface area contributed by atoms with Gasteiger partial charge in [0.25, 0.3) is 0 Å². The zero-order chi connectivity index (χ0) is 13.8. The quantitative estimate of drug-likeness (QED) is 0.888. The number of aryl methyl sites for hydroxylation is 1. The van der Waals surface area contributed by atoms with E-state index in [1.807, 2.05) is 17.9 Å². The standard InChI is InChI=1S/C15H28N4/c1-4-9-19(15-7-5-14(16)6-8-15)12(2)13-10-17-18(3)11-13/h10-12,14-15H,4-9,16H2,1-3H3. The molecule has 1 unspecified atom stereocenters. The second-order valence-corrected chi connectivity index (χ2v) is 5.93. The van der Waals surface area contributed by atoms with Crippen LogP contribution in [0.2, 0.25) is 0 Å². The molecule has 0 aromatic carbocycles. The van der Waals surface area contributed by atoms with E-state index in [1.54, 1.807) is 0 Å². The van der Waals surface area contributed by atoms with Crippen LogP contribution in [0.1, 0.15) is 57.6 Å². The summed E-state index contributed by atoms with van der Waals surface area (Å²) in [6.45, 7) is 5.73. The van der Waals surface area contributed by atoms with Crippen LogP contribution >= 0.6 is 0 Å². The van der Waals surface area contributed by atoms with E-state index in [9.17, 15) is 0 Å². The zero-order valence-corrected chi connectivity index (χ0v) is 12.5. The van der Waals surface area contributed by atoms with E-state index in [4.69, 9.17) is 5.73 Å². The van der Waals surface area contributed by atoms with Crippen LogP contribution in [0.4, 0.5) is 0 Å². The van der Waals surface area contributed by atoms with E-state index in [-0.39, 0.29) is 0 Å². The minimum atomic E-state index is 0.424. The number of rotatable bonds is 5.